The summed E-state index contributed by atoms with van der Waals surface area (Å²) in [5.41, 5.74) is -0.0622. The molecule has 2 aromatic rings. The maximum absolute atomic E-state index is 13.3. The lowest BCUT2D eigenvalue weighted by molar-refractivity contribution is -0.145. The van der Waals surface area contributed by atoms with Crippen molar-refractivity contribution in [3.05, 3.63) is 55.4 Å². The van der Waals surface area contributed by atoms with Crippen LogP contribution in [0.25, 0.3) is 0 Å². The van der Waals surface area contributed by atoms with Gasteiger partial charge in [-0.1, -0.05) is 58.0 Å². The van der Waals surface area contributed by atoms with Gasteiger partial charge >= 0.3 is 5.97 Å². The van der Waals surface area contributed by atoms with E-state index in [4.69, 9.17) is 62.7 Å². The molecule has 0 aromatic heterocycles. The molecule has 0 saturated heterocycles. The Labute approximate surface area is 188 Å². The van der Waals surface area contributed by atoms with E-state index >= 15 is 0 Å². The van der Waals surface area contributed by atoms with Gasteiger partial charge in [0.25, 0.3) is 10.0 Å². The van der Waals surface area contributed by atoms with E-state index in [1.807, 2.05) is 0 Å². The summed E-state index contributed by atoms with van der Waals surface area (Å²) in [5.74, 6) is -0.793. The smallest absolute Gasteiger partial charge is 0.327 e. The Balaban J connectivity index is 2.66. The molecule has 0 bridgehead atoms. The lowest BCUT2D eigenvalue weighted by Gasteiger charge is -2.26. The molecule has 2 rings (SSSR count). The van der Waals surface area contributed by atoms with Gasteiger partial charge in [-0.05, 0) is 44.2 Å². The van der Waals surface area contributed by atoms with E-state index in [2.05, 4.69) is 0 Å². The first-order chi connectivity index (χ1) is 12.9. The quantitative estimate of drug-likeness (QED) is 0.352. The Morgan fingerprint density at radius 1 is 0.964 bits per heavy atom. The number of rotatable bonds is 6. The van der Waals surface area contributed by atoms with Crippen LogP contribution in [0.1, 0.15) is 13.8 Å². The minimum absolute atomic E-state index is 0.0338. The van der Waals surface area contributed by atoms with Crippen molar-refractivity contribution >= 4 is 79.7 Å². The Morgan fingerprint density at radius 3 is 2.18 bits per heavy atom. The molecule has 0 fully saturated rings. The van der Waals surface area contributed by atoms with Crippen molar-refractivity contribution in [2.45, 2.75) is 24.8 Å². The zero-order valence-corrected chi connectivity index (χ0v) is 19.1. The standard InChI is InChI=1S/C17H14Cl5NO4S/c1-9(2)27-17(24)8-23(15-7-13(21)12(20)6-14(15)22)28(25,26)16-5-10(18)3-4-11(16)19/h3-7,9H,8H2,1-2H3. The number of carbonyl (C=O) groups excluding carboxylic acids is 1. The summed E-state index contributed by atoms with van der Waals surface area (Å²) in [4.78, 5) is 11.9. The van der Waals surface area contributed by atoms with E-state index in [1.165, 1.54) is 30.3 Å². The summed E-state index contributed by atoms with van der Waals surface area (Å²) in [6.07, 6.45) is -0.448. The van der Waals surface area contributed by atoms with Crippen molar-refractivity contribution in [2.24, 2.45) is 0 Å². The number of halogens is 5. The average Bonchev–Trinajstić information content (AvgIpc) is 2.57. The second-order valence-electron chi connectivity index (χ2n) is 5.84. The van der Waals surface area contributed by atoms with Crippen LogP contribution < -0.4 is 4.31 Å². The van der Waals surface area contributed by atoms with Crippen LogP contribution in [0.2, 0.25) is 25.1 Å². The fourth-order valence-electron chi connectivity index (χ4n) is 2.21. The van der Waals surface area contributed by atoms with E-state index in [1.54, 1.807) is 13.8 Å². The van der Waals surface area contributed by atoms with Gasteiger partial charge in [-0.2, -0.15) is 0 Å². The first kappa shape index (κ1) is 23.4. The average molecular weight is 506 g/mol. The van der Waals surface area contributed by atoms with Gasteiger partial charge in [0, 0.05) is 5.02 Å². The zero-order chi connectivity index (χ0) is 21.2. The third kappa shape index (κ3) is 5.38. The van der Waals surface area contributed by atoms with Crippen molar-refractivity contribution in [3.8, 4) is 0 Å². The van der Waals surface area contributed by atoms with Crippen molar-refractivity contribution in [1.29, 1.82) is 0 Å². The molecule has 0 N–H and O–H groups in total. The van der Waals surface area contributed by atoms with Crippen LogP contribution in [0.3, 0.4) is 0 Å². The number of ether oxygens (including phenoxy) is 1. The highest BCUT2D eigenvalue weighted by Gasteiger charge is 2.32. The Hall–Kier alpha value is -0.890. The summed E-state index contributed by atoms with van der Waals surface area (Å²) >= 11 is 30.1. The molecule has 0 aliphatic heterocycles. The summed E-state index contributed by atoms with van der Waals surface area (Å²) in [5, 5.41) is 0.207. The summed E-state index contributed by atoms with van der Waals surface area (Å²) in [7, 11) is -4.36. The minimum atomic E-state index is -4.36. The van der Waals surface area contributed by atoms with Crippen molar-refractivity contribution < 1.29 is 17.9 Å². The minimum Gasteiger partial charge on any atom is -0.462 e. The van der Waals surface area contributed by atoms with Crippen LogP contribution in [0, 0.1) is 0 Å². The second kappa shape index (κ2) is 9.28. The molecule has 0 amide bonds. The van der Waals surface area contributed by atoms with Crippen LogP contribution in [-0.2, 0) is 19.6 Å². The molecule has 0 unspecified atom stereocenters. The van der Waals surface area contributed by atoms with E-state index < -0.39 is 28.6 Å². The fourth-order valence-corrected chi connectivity index (χ4v) is 5.07. The summed E-state index contributed by atoms with van der Waals surface area (Å²) in [6, 6.07) is 6.46. The predicted molar refractivity (Wildman–Crippen MR) is 114 cm³/mol. The van der Waals surface area contributed by atoms with Crippen molar-refractivity contribution in [3.63, 3.8) is 0 Å². The molecular formula is C17H14Cl5NO4S. The maximum atomic E-state index is 13.3. The zero-order valence-electron chi connectivity index (χ0n) is 14.5. The highest BCUT2D eigenvalue weighted by molar-refractivity contribution is 7.93. The van der Waals surface area contributed by atoms with E-state index in [9.17, 15) is 13.2 Å². The Bertz CT molecular complexity index is 1010. The van der Waals surface area contributed by atoms with Gasteiger partial charge in [-0.3, -0.25) is 9.10 Å². The van der Waals surface area contributed by atoms with Gasteiger partial charge < -0.3 is 4.74 Å². The molecule has 0 aliphatic carbocycles. The predicted octanol–water partition coefficient (Wildman–Crippen LogP) is 6.10. The van der Waals surface area contributed by atoms with E-state index in [-0.39, 0.29) is 35.7 Å². The van der Waals surface area contributed by atoms with Crippen LogP contribution in [0.5, 0.6) is 0 Å². The molecule has 0 saturated carbocycles. The highest BCUT2D eigenvalue weighted by atomic mass is 35.5. The Kier molecular flexibility index (Phi) is 7.76. The lowest BCUT2D eigenvalue weighted by Crippen LogP contribution is -2.37. The van der Waals surface area contributed by atoms with E-state index in [0.29, 0.717) is 0 Å². The molecule has 0 radical (unpaired) electrons. The van der Waals surface area contributed by atoms with Crippen LogP contribution in [0.15, 0.2) is 35.2 Å². The maximum Gasteiger partial charge on any atom is 0.327 e. The molecule has 0 spiro atoms. The first-order valence-corrected chi connectivity index (χ1v) is 11.1. The van der Waals surface area contributed by atoms with Gasteiger partial charge in [0.2, 0.25) is 0 Å². The first-order valence-electron chi connectivity index (χ1n) is 7.75. The largest absolute Gasteiger partial charge is 0.462 e. The summed E-state index contributed by atoms with van der Waals surface area (Å²) < 4.78 is 32.5. The fraction of sp³-hybridized carbons (Fsp3) is 0.235. The van der Waals surface area contributed by atoms with Crippen LogP contribution >= 0.6 is 58.0 Å². The summed E-state index contributed by atoms with van der Waals surface area (Å²) in [6.45, 7) is 2.61. The van der Waals surface area contributed by atoms with E-state index in [0.717, 1.165) is 4.31 Å². The van der Waals surface area contributed by atoms with Gasteiger partial charge in [0.15, 0.2) is 0 Å². The van der Waals surface area contributed by atoms with Gasteiger partial charge in [0.1, 0.15) is 11.4 Å². The molecule has 0 atom stereocenters. The highest BCUT2D eigenvalue weighted by Crippen LogP contribution is 2.38. The number of anilines is 1. The number of hydrogen-bond donors (Lipinski definition) is 0. The molecule has 5 nitrogen and oxygen atoms in total. The SMILES string of the molecule is CC(C)OC(=O)CN(c1cc(Cl)c(Cl)cc1Cl)S(=O)(=O)c1cc(Cl)ccc1Cl. The number of hydrogen-bond acceptors (Lipinski definition) is 4. The molecule has 2 aromatic carbocycles. The normalized spacial score (nSPS) is 11.6. The number of carbonyl (C=O) groups is 1. The van der Waals surface area contributed by atoms with Crippen molar-refractivity contribution in [1.82, 2.24) is 0 Å². The number of benzene rings is 2. The van der Waals surface area contributed by atoms with Gasteiger partial charge in [-0.15, -0.1) is 0 Å². The number of esters is 1. The third-order valence-corrected chi connectivity index (χ3v) is 6.86. The van der Waals surface area contributed by atoms with Crippen LogP contribution in [-0.4, -0.2) is 27.0 Å². The lowest BCUT2D eigenvalue weighted by atomic mass is 10.3. The molecule has 152 valence electrons. The molecular weight excluding hydrogens is 492 g/mol. The number of nitrogens with zero attached hydrogens (tertiary/aromatic N) is 1. The van der Waals surface area contributed by atoms with Crippen LogP contribution in [0.4, 0.5) is 5.69 Å². The topological polar surface area (TPSA) is 63.7 Å². The monoisotopic (exact) mass is 503 g/mol. The third-order valence-electron chi connectivity index (χ3n) is 3.36. The Morgan fingerprint density at radius 2 is 1.57 bits per heavy atom. The molecule has 28 heavy (non-hydrogen) atoms. The number of sulfonamides is 1. The van der Waals surface area contributed by atoms with Gasteiger partial charge in [-0.25, -0.2) is 8.42 Å². The molecule has 0 aliphatic rings. The molecule has 0 heterocycles. The molecule has 11 heteroatoms. The second-order valence-corrected chi connectivity index (χ2v) is 9.74. The van der Waals surface area contributed by atoms with Crippen molar-refractivity contribution in [2.75, 3.05) is 10.8 Å². The van der Waals surface area contributed by atoms with Gasteiger partial charge in [0.05, 0.1) is 31.9 Å².